The number of hydrogen-bond donors (Lipinski definition) is 1. The first-order valence-corrected chi connectivity index (χ1v) is 9.53. The Kier molecular flexibility index (Phi) is 4.89. The number of amides is 2. The first-order valence-electron chi connectivity index (χ1n) is 9.53. The highest BCUT2D eigenvalue weighted by Gasteiger charge is 2.35. The van der Waals surface area contributed by atoms with E-state index in [1.807, 2.05) is 11.0 Å². The highest BCUT2D eigenvalue weighted by Crippen LogP contribution is 2.25. The molecular formula is C19H24N6O3. The van der Waals surface area contributed by atoms with Crippen molar-refractivity contribution in [1.82, 2.24) is 19.7 Å². The molecule has 2 fully saturated rings. The fraction of sp³-hybridized carbons (Fsp3) is 0.474. The molecule has 148 valence electrons. The molecule has 2 saturated heterocycles. The number of piperazine rings is 1. The number of carbonyl (C=O) groups excluding carboxylic acids is 2. The zero-order chi connectivity index (χ0) is 19.7. The predicted molar refractivity (Wildman–Crippen MR) is 104 cm³/mol. The fourth-order valence-corrected chi connectivity index (χ4v) is 3.89. The molecule has 2 aromatic rings. The van der Waals surface area contributed by atoms with Gasteiger partial charge in [-0.05, 0) is 12.5 Å². The Balaban J connectivity index is 1.38. The zero-order valence-electron chi connectivity index (χ0n) is 15.9. The normalized spacial score (nSPS) is 20.5. The van der Waals surface area contributed by atoms with Gasteiger partial charge in [0, 0.05) is 58.5 Å². The summed E-state index contributed by atoms with van der Waals surface area (Å²) in [6.07, 6.45) is 4.41. The lowest BCUT2D eigenvalue weighted by molar-refractivity contribution is -0.137. The van der Waals surface area contributed by atoms with Crippen molar-refractivity contribution < 1.29 is 9.59 Å². The van der Waals surface area contributed by atoms with Gasteiger partial charge in [-0.15, -0.1) is 0 Å². The van der Waals surface area contributed by atoms with E-state index in [1.54, 1.807) is 35.1 Å². The number of aryl methyl sites for hydroxylation is 1. The molecular weight excluding hydrogens is 360 g/mol. The van der Waals surface area contributed by atoms with Gasteiger partial charge in [0.1, 0.15) is 5.82 Å². The van der Waals surface area contributed by atoms with Crippen LogP contribution in [0.15, 0.2) is 35.4 Å². The molecule has 0 spiro atoms. The molecule has 0 saturated carbocycles. The summed E-state index contributed by atoms with van der Waals surface area (Å²) in [4.78, 5) is 45.3. The van der Waals surface area contributed by atoms with Gasteiger partial charge in [0.15, 0.2) is 0 Å². The number of aromatic nitrogens is 3. The zero-order valence-corrected chi connectivity index (χ0v) is 15.9. The van der Waals surface area contributed by atoms with E-state index in [2.05, 4.69) is 15.0 Å². The molecule has 0 aliphatic carbocycles. The maximum atomic E-state index is 13.0. The molecule has 2 aliphatic rings. The van der Waals surface area contributed by atoms with Gasteiger partial charge in [-0.2, -0.15) is 5.10 Å². The van der Waals surface area contributed by atoms with Gasteiger partial charge in [-0.3, -0.25) is 19.1 Å². The van der Waals surface area contributed by atoms with Gasteiger partial charge in [-0.1, -0.05) is 6.07 Å². The SMILES string of the molecule is Cn1cc(N2CC(C(=O)N3CCN(c4cccc(=O)[nH]4)CC3)CCC2=O)cn1. The van der Waals surface area contributed by atoms with E-state index in [-0.39, 0.29) is 23.3 Å². The third-order valence-electron chi connectivity index (χ3n) is 5.45. The van der Waals surface area contributed by atoms with Crippen LogP contribution in [0.4, 0.5) is 11.5 Å². The number of pyridine rings is 1. The Bertz CT molecular complexity index is 928. The van der Waals surface area contributed by atoms with E-state index in [4.69, 9.17) is 0 Å². The standard InChI is InChI=1S/C19H24N6O3/c1-22-13-15(11-20-22)25-12-14(5-6-18(25)27)19(28)24-9-7-23(8-10-24)16-3-2-4-17(26)21-16/h2-4,11,13-14H,5-10,12H2,1H3,(H,21,26). The van der Waals surface area contributed by atoms with Crippen molar-refractivity contribution in [2.24, 2.45) is 13.0 Å². The number of aromatic amines is 1. The molecule has 9 heteroatoms. The van der Waals surface area contributed by atoms with Gasteiger partial charge < -0.3 is 19.7 Å². The molecule has 2 aliphatic heterocycles. The highest BCUT2D eigenvalue weighted by molar-refractivity contribution is 5.96. The number of nitrogens with zero attached hydrogens (tertiary/aromatic N) is 5. The Morgan fingerprint density at radius 1 is 1.18 bits per heavy atom. The Labute approximate surface area is 162 Å². The molecule has 0 aromatic carbocycles. The van der Waals surface area contributed by atoms with Crippen LogP contribution in [0, 0.1) is 5.92 Å². The van der Waals surface area contributed by atoms with Crippen LogP contribution in [0.3, 0.4) is 0 Å². The number of hydrogen-bond acceptors (Lipinski definition) is 5. The third-order valence-corrected chi connectivity index (χ3v) is 5.45. The Morgan fingerprint density at radius 2 is 1.96 bits per heavy atom. The predicted octanol–water partition coefficient (Wildman–Crippen LogP) is 0.200. The van der Waals surface area contributed by atoms with Crippen LogP contribution in [-0.2, 0) is 16.6 Å². The second-order valence-electron chi connectivity index (χ2n) is 7.32. The van der Waals surface area contributed by atoms with Crippen LogP contribution in [0.5, 0.6) is 0 Å². The van der Waals surface area contributed by atoms with Crippen LogP contribution in [-0.4, -0.2) is 64.2 Å². The fourth-order valence-electron chi connectivity index (χ4n) is 3.89. The van der Waals surface area contributed by atoms with Gasteiger partial charge >= 0.3 is 0 Å². The summed E-state index contributed by atoms with van der Waals surface area (Å²) in [5, 5.41) is 4.13. The highest BCUT2D eigenvalue weighted by atomic mass is 16.2. The van der Waals surface area contributed by atoms with Crippen molar-refractivity contribution in [2.45, 2.75) is 12.8 Å². The molecule has 1 N–H and O–H groups in total. The lowest BCUT2D eigenvalue weighted by Crippen LogP contribution is -2.53. The van der Waals surface area contributed by atoms with Gasteiger partial charge in [0.25, 0.3) is 0 Å². The molecule has 1 unspecified atom stereocenters. The lowest BCUT2D eigenvalue weighted by Gasteiger charge is -2.39. The van der Waals surface area contributed by atoms with Gasteiger partial charge in [0.2, 0.25) is 17.4 Å². The van der Waals surface area contributed by atoms with Crippen LogP contribution >= 0.6 is 0 Å². The summed E-state index contributed by atoms with van der Waals surface area (Å²) in [7, 11) is 1.81. The summed E-state index contributed by atoms with van der Waals surface area (Å²) in [5.41, 5.74) is 0.612. The van der Waals surface area contributed by atoms with Crippen LogP contribution in [0.2, 0.25) is 0 Å². The Hall–Kier alpha value is -3.10. The molecule has 9 nitrogen and oxygen atoms in total. The summed E-state index contributed by atoms with van der Waals surface area (Å²) < 4.78 is 1.65. The second-order valence-corrected chi connectivity index (χ2v) is 7.32. The quantitative estimate of drug-likeness (QED) is 0.816. The topological polar surface area (TPSA) is 94.5 Å². The lowest BCUT2D eigenvalue weighted by atomic mass is 9.95. The number of nitrogens with one attached hydrogen (secondary N) is 1. The van der Waals surface area contributed by atoms with E-state index in [0.717, 1.165) is 11.5 Å². The van der Waals surface area contributed by atoms with E-state index >= 15 is 0 Å². The molecule has 28 heavy (non-hydrogen) atoms. The van der Waals surface area contributed by atoms with E-state index in [1.165, 1.54) is 6.07 Å². The number of carbonyl (C=O) groups is 2. The number of H-pyrrole nitrogens is 1. The molecule has 4 heterocycles. The van der Waals surface area contributed by atoms with Crippen molar-refractivity contribution in [3.05, 3.63) is 40.9 Å². The largest absolute Gasteiger partial charge is 0.355 e. The van der Waals surface area contributed by atoms with Gasteiger partial charge in [0.05, 0.1) is 17.8 Å². The van der Waals surface area contributed by atoms with Crippen molar-refractivity contribution in [2.75, 3.05) is 42.5 Å². The molecule has 0 bridgehead atoms. The van der Waals surface area contributed by atoms with E-state index in [9.17, 15) is 14.4 Å². The second kappa shape index (κ2) is 7.49. The summed E-state index contributed by atoms with van der Waals surface area (Å²) in [6.45, 7) is 2.95. The molecule has 2 aromatic heterocycles. The monoisotopic (exact) mass is 384 g/mol. The first-order chi connectivity index (χ1) is 13.5. The smallest absolute Gasteiger partial charge is 0.249 e. The third kappa shape index (κ3) is 3.64. The minimum Gasteiger partial charge on any atom is -0.355 e. The summed E-state index contributed by atoms with van der Waals surface area (Å²) in [6, 6.07) is 5.09. The molecule has 0 radical (unpaired) electrons. The molecule has 2 amide bonds. The average molecular weight is 384 g/mol. The van der Waals surface area contributed by atoms with E-state index < -0.39 is 0 Å². The number of piperidine rings is 1. The van der Waals surface area contributed by atoms with Crippen LogP contribution in [0.1, 0.15) is 12.8 Å². The number of rotatable bonds is 3. The summed E-state index contributed by atoms with van der Waals surface area (Å²) in [5.74, 6) is 0.726. The minimum atomic E-state index is -0.194. The van der Waals surface area contributed by atoms with E-state index in [0.29, 0.717) is 45.6 Å². The Morgan fingerprint density at radius 3 is 2.64 bits per heavy atom. The maximum Gasteiger partial charge on any atom is 0.249 e. The van der Waals surface area contributed by atoms with Crippen LogP contribution < -0.4 is 15.4 Å². The first kappa shape index (κ1) is 18.3. The average Bonchev–Trinajstić information content (AvgIpc) is 3.14. The van der Waals surface area contributed by atoms with Crippen molar-refractivity contribution in [3.8, 4) is 0 Å². The summed E-state index contributed by atoms with van der Waals surface area (Å²) >= 11 is 0. The van der Waals surface area contributed by atoms with Crippen molar-refractivity contribution in [1.29, 1.82) is 0 Å². The number of anilines is 2. The van der Waals surface area contributed by atoms with Crippen molar-refractivity contribution >= 4 is 23.3 Å². The minimum absolute atomic E-state index is 0.0369. The van der Waals surface area contributed by atoms with Crippen molar-refractivity contribution in [3.63, 3.8) is 0 Å². The van der Waals surface area contributed by atoms with Gasteiger partial charge in [-0.25, -0.2) is 0 Å². The molecule has 1 atom stereocenters. The van der Waals surface area contributed by atoms with Crippen LogP contribution in [0.25, 0.3) is 0 Å². The maximum absolute atomic E-state index is 13.0. The molecule has 4 rings (SSSR count).